The van der Waals surface area contributed by atoms with Gasteiger partial charge in [-0.2, -0.15) is 0 Å². The zero-order chi connectivity index (χ0) is 15.5. The van der Waals surface area contributed by atoms with Crippen LogP contribution in [0, 0.1) is 6.92 Å². The number of imidazole rings is 1. The van der Waals surface area contributed by atoms with Crippen molar-refractivity contribution in [2.45, 2.75) is 13.5 Å². The largest absolute Gasteiger partial charge is 0.507 e. The predicted molar refractivity (Wildman–Crippen MR) is 85.6 cm³/mol. The van der Waals surface area contributed by atoms with Crippen LogP contribution >= 0.6 is 0 Å². The molecule has 2 aromatic carbocycles. The first kappa shape index (κ1) is 14.0. The summed E-state index contributed by atoms with van der Waals surface area (Å²) < 4.78 is 0. The summed E-state index contributed by atoms with van der Waals surface area (Å²) in [5.74, 6) is 0.703. The first-order valence-corrected chi connectivity index (χ1v) is 6.89. The number of nitrogens with zero attached hydrogens (tertiary/aromatic N) is 2. The summed E-state index contributed by atoms with van der Waals surface area (Å²) in [5.41, 5.74) is 3.55. The first-order valence-electron chi connectivity index (χ1n) is 6.89. The van der Waals surface area contributed by atoms with Crippen LogP contribution in [0.1, 0.15) is 27.3 Å². The fraction of sp³-hybridized carbons (Fsp3) is 0.118. The van der Waals surface area contributed by atoms with Crippen LogP contribution in [0.5, 0.6) is 5.75 Å². The highest BCUT2D eigenvalue weighted by molar-refractivity contribution is 5.90. The molecular weight excluding hydrogens is 278 g/mol. The molecule has 5 nitrogen and oxygen atoms in total. The van der Waals surface area contributed by atoms with Crippen molar-refractivity contribution < 1.29 is 9.90 Å². The number of fused-ring (bicyclic) bond motifs is 1. The molecule has 0 unspecified atom stereocenters. The summed E-state index contributed by atoms with van der Waals surface area (Å²) in [4.78, 5) is 22.8. The molecule has 0 aliphatic carbocycles. The van der Waals surface area contributed by atoms with Crippen molar-refractivity contribution in [1.82, 2.24) is 9.97 Å². The Bertz CT molecular complexity index is 832. The van der Waals surface area contributed by atoms with Gasteiger partial charge in [0.25, 0.3) is 0 Å². The van der Waals surface area contributed by atoms with Gasteiger partial charge >= 0.3 is 0 Å². The average Bonchev–Trinajstić information content (AvgIpc) is 2.93. The van der Waals surface area contributed by atoms with Gasteiger partial charge in [-0.3, -0.25) is 9.79 Å². The van der Waals surface area contributed by atoms with E-state index in [1.807, 2.05) is 31.2 Å². The maximum atomic E-state index is 10.9. The molecule has 0 saturated heterocycles. The Kier molecular flexibility index (Phi) is 3.70. The lowest BCUT2D eigenvalue weighted by Crippen LogP contribution is -1.92. The minimum atomic E-state index is -0.0473. The maximum Gasteiger partial charge on any atom is 0.153 e. The molecular formula is C17H15N3O2. The molecule has 110 valence electrons. The topological polar surface area (TPSA) is 78.3 Å². The molecule has 3 aromatic rings. The summed E-state index contributed by atoms with van der Waals surface area (Å²) in [6.45, 7) is 2.24. The molecule has 0 fully saturated rings. The van der Waals surface area contributed by atoms with E-state index in [1.54, 1.807) is 18.3 Å². The fourth-order valence-electron chi connectivity index (χ4n) is 2.33. The van der Waals surface area contributed by atoms with Crippen molar-refractivity contribution in [1.29, 1.82) is 0 Å². The van der Waals surface area contributed by atoms with Gasteiger partial charge in [-0.15, -0.1) is 0 Å². The molecule has 0 aliphatic rings. The molecule has 5 heteroatoms. The van der Waals surface area contributed by atoms with E-state index in [2.05, 4.69) is 15.0 Å². The van der Waals surface area contributed by atoms with Gasteiger partial charge in [0.05, 0.1) is 23.1 Å². The SMILES string of the molecule is Cc1cc(C=O)c(O)c(C=NCc2nc3ccccc3[nH]2)c1. The molecule has 1 aromatic heterocycles. The summed E-state index contributed by atoms with van der Waals surface area (Å²) in [7, 11) is 0. The number of phenolic OH excluding ortho intramolecular Hbond substituents is 1. The molecule has 3 rings (SSSR count). The Morgan fingerprint density at radius 3 is 2.82 bits per heavy atom. The molecule has 0 saturated carbocycles. The van der Waals surface area contributed by atoms with Gasteiger partial charge in [0.15, 0.2) is 6.29 Å². The number of phenols is 1. The zero-order valence-electron chi connectivity index (χ0n) is 12.1. The van der Waals surface area contributed by atoms with Gasteiger partial charge in [-0.05, 0) is 36.8 Å². The van der Waals surface area contributed by atoms with Gasteiger partial charge in [-0.1, -0.05) is 12.1 Å². The summed E-state index contributed by atoms with van der Waals surface area (Å²) >= 11 is 0. The van der Waals surface area contributed by atoms with Gasteiger partial charge < -0.3 is 10.1 Å². The van der Waals surface area contributed by atoms with E-state index in [0.717, 1.165) is 22.4 Å². The van der Waals surface area contributed by atoms with E-state index < -0.39 is 0 Å². The molecule has 0 aliphatic heterocycles. The molecule has 0 atom stereocenters. The number of carbonyl (C=O) groups is 1. The third-order valence-corrected chi connectivity index (χ3v) is 3.35. The number of aromatic amines is 1. The van der Waals surface area contributed by atoms with E-state index in [4.69, 9.17) is 0 Å². The Balaban J connectivity index is 1.82. The number of aromatic hydroxyl groups is 1. The number of aliphatic imine (C=N–C) groups is 1. The minimum absolute atomic E-state index is 0.0473. The molecule has 0 bridgehead atoms. The van der Waals surface area contributed by atoms with Crippen LogP contribution in [0.4, 0.5) is 0 Å². The highest BCUT2D eigenvalue weighted by Crippen LogP contribution is 2.21. The number of hydrogen-bond donors (Lipinski definition) is 2. The second-order valence-electron chi connectivity index (χ2n) is 5.08. The first-order chi connectivity index (χ1) is 10.7. The monoisotopic (exact) mass is 293 g/mol. The Morgan fingerprint density at radius 2 is 2.05 bits per heavy atom. The molecule has 1 heterocycles. The molecule has 0 spiro atoms. The normalized spacial score (nSPS) is 11.3. The molecule has 2 N–H and O–H groups in total. The molecule has 0 radical (unpaired) electrons. The van der Waals surface area contributed by atoms with Crippen LogP contribution in [0.25, 0.3) is 11.0 Å². The van der Waals surface area contributed by atoms with Gasteiger partial charge in [-0.25, -0.2) is 4.98 Å². The number of aryl methyl sites for hydroxylation is 1. The third kappa shape index (κ3) is 2.74. The maximum absolute atomic E-state index is 10.9. The highest BCUT2D eigenvalue weighted by atomic mass is 16.3. The molecule has 22 heavy (non-hydrogen) atoms. The quantitative estimate of drug-likeness (QED) is 0.573. The van der Waals surface area contributed by atoms with Crippen LogP contribution in [0.15, 0.2) is 41.4 Å². The van der Waals surface area contributed by atoms with Gasteiger partial charge in [0.1, 0.15) is 11.6 Å². The van der Waals surface area contributed by atoms with Crippen LogP contribution in [-0.4, -0.2) is 27.6 Å². The van der Waals surface area contributed by atoms with Crippen molar-refractivity contribution in [3.8, 4) is 5.75 Å². The Hall–Kier alpha value is -2.95. The van der Waals surface area contributed by atoms with Crippen LogP contribution in [0.2, 0.25) is 0 Å². The Morgan fingerprint density at radius 1 is 1.27 bits per heavy atom. The average molecular weight is 293 g/mol. The zero-order valence-corrected chi connectivity index (χ0v) is 12.1. The number of aromatic nitrogens is 2. The van der Waals surface area contributed by atoms with Crippen molar-refractivity contribution in [2.75, 3.05) is 0 Å². The van der Waals surface area contributed by atoms with E-state index in [0.29, 0.717) is 18.4 Å². The number of hydrogen-bond acceptors (Lipinski definition) is 4. The number of nitrogens with one attached hydrogen (secondary N) is 1. The number of carbonyl (C=O) groups excluding carboxylic acids is 1. The second-order valence-corrected chi connectivity index (χ2v) is 5.08. The van der Waals surface area contributed by atoms with Crippen LogP contribution in [0.3, 0.4) is 0 Å². The number of aldehydes is 1. The van der Waals surface area contributed by atoms with Crippen molar-refractivity contribution in [3.63, 3.8) is 0 Å². The smallest absolute Gasteiger partial charge is 0.153 e. The lowest BCUT2D eigenvalue weighted by molar-refractivity contribution is 0.112. The number of rotatable bonds is 4. The van der Waals surface area contributed by atoms with E-state index in [9.17, 15) is 9.90 Å². The number of benzene rings is 2. The lowest BCUT2D eigenvalue weighted by atomic mass is 10.1. The molecule has 0 amide bonds. The van der Waals surface area contributed by atoms with Crippen LogP contribution < -0.4 is 0 Å². The second kappa shape index (κ2) is 5.81. The summed E-state index contributed by atoms with van der Waals surface area (Å²) in [6, 6.07) is 11.2. The van der Waals surface area contributed by atoms with Gasteiger partial charge in [0.2, 0.25) is 0 Å². The predicted octanol–water partition coefficient (Wildman–Crippen LogP) is 3.01. The summed E-state index contributed by atoms with van der Waals surface area (Å²) in [6.07, 6.45) is 2.20. The lowest BCUT2D eigenvalue weighted by Gasteiger charge is -2.03. The number of para-hydroxylation sites is 2. The van der Waals surface area contributed by atoms with Crippen LogP contribution in [-0.2, 0) is 6.54 Å². The van der Waals surface area contributed by atoms with Gasteiger partial charge in [0, 0.05) is 11.8 Å². The van der Waals surface area contributed by atoms with E-state index in [-0.39, 0.29) is 11.3 Å². The van der Waals surface area contributed by atoms with Crippen molar-refractivity contribution in [3.05, 3.63) is 58.9 Å². The Labute approximate surface area is 127 Å². The fourth-order valence-corrected chi connectivity index (χ4v) is 2.33. The van der Waals surface area contributed by atoms with Crippen molar-refractivity contribution >= 4 is 23.5 Å². The summed E-state index contributed by atoms with van der Waals surface area (Å²) in [5, 5.41) is 9.98. The van der Waals surface area contributed by atoms with E-state index in [1.165, 1.54) is 0 Å². The third-order valence-electron chi connectivity index (χ3n) is 3.35. The van der Waals surface area contributed by atoms with Crippen molar-refractivity contribution in [2.24, 2.45) is 4.99 Å². The highest BCUT2D eigenvalue weighted by Gasteiger charge is 2.06. The standard InChI is InChI=1S/C17H15N3O2/c1-11-6-12(17(22)13(7-11)10-21)8-18-9-16-19-14-4-2-3-5-15(14)20-16/h2-8,10,22H,9H2,1H3,(H,19,20). The minimum Gasteiger partial charge on any atom is -0.507 e. The number of H-pyrrole nitrogens is 1. The van der Waals surface area contributed by atoms with E-state index >= 15 is 0 Å².